The second-order valence-corrected chi connectivity index (χ2v) is 7.80. The largest absolute Gasteiger partial charge is 0.357 e. The van der Waals surface area contributed by atoms with Crippen molar-refractivity contribution in [2.45, 2.75) is 12.8 Å². The topological polar surface area (TPSA) is 92.1 Å². The van der Waals surface area contributed by atoms with Crippen molar-refractivity contribution in [3.63, 3.8) is 0 Å². The van der Waals surface area contributed by atoms with Crippen LogP contribution in [-0.2, 0) is 9.59 Å². The van der Waals surface area contributed by atoms with E-state index in [1.165, 1.54) is 0 Å². The zero-order valence-electron chi connectivity index (χ0n) is 16.9. The van der Waals surface area contributed by atoms with Gasteiger partial charge in [0.05, 0.1) is 17.3 Å². The Morgan fingerprint density at radius 1 is 1.10 bits per heavy atom. The van der Waals surface area contributed by atoms with Crippen molar-refractivity contribution < 1.29 is 9.59 Å². The minimum absolute atomic E-state index is 0.0569. The number of pyridine rings is 1. The van der Waals surface area contributed by atoms with Crippen molar-refractivity contribution in [2.24, 2.45) is 5.92 Å². The van der Waals surface area contributed by atoms with Crippen LogP contribution in [0.4, 0.5) is 11.5 Å². The number of hydrogen-bond donors (Lipinski definition) is 2. The highest BCUT2D eigenvalue weighted by Gasteiger charge is 2.25. The molecule has 1 aliphatic heterocycles. The number of nitrogens with zero attached hydrogens (tertiary/aromatic N) is 4. The lowest BCUT2D eigenvalue weighted by atomic mass is 9.96. The van der Waals surface area contributed by atoms with E-state index in [-0.39, 0.29) is 24.3 Å². The third kappa shape index (κ3) is 5.40. The van der Waals surface area contributed by atoms with Crippen molar-refractivity contribution in [2.75, 3.05) is 29.9 Å². The normalized spacial score (nSPS) is 14.3. The van der Waals surface area contributed by atoms with Crippen LogP contribution < -0.4 is 15.5 Å². The third-order valence-corrected chi connectivity index (χ3v) is 5.47. The summed E-state index contributed by atoms with van der Waals surface area (Å²) in [7, 11) is 0. The monoisotopic (exact) mass is 438 g/mol. The Balaban J connectivity index is 1.21. The minimum Gasteiger partial charge on any atom is -0.357 e. The molecule has 2 N–H and O–H groups in total. The highest BCUT2D eigenvalue weighted by Crippen LogP contribution is 2.22. The number of nitrogens with one attached hydrogen (secondary N) is 2. The Kier molecular flexibility index (Phi) is 6.47. The van der Waals surface area contributed by atoms with Gasteiger partial charge in [0.25, 0.3) is 0 Å². The van der Waals surface area contributed by atoms with Gasteiger partial charge in [-0.15, -0.1) is 0 Å². The fourth-order valence-electron chi connectivity index (χ4n) is 3.56. The van der Waals surface area contributed by atoms with E-state index >= 15 is 0 Å². The molecule has 0 spiro atoms. The zero-order valence-corrected chi connectivity index (χ0v) is 17.6. The summed E-state index contributed by atoms with van der Waals surface area (Å²) >= 11 is 5.88. The molecule has 1 aromatic carbocycles. The molecule has 0 radical (unpaired) electrons. The molecule has 3 heterocycles. The number of halogens is 1. The molecule has 1 fully saturated rings. The van der Waals surface area contributed by atoms with Crippen molar-refractivity contribution >= 4 is 34.9 Å². The first kappa shape index (κ1) is 20.9. The molecule has 0 atom stereocenters. The van der Waals surface area contributed by atoms with Gasteiger partial charge in [0.1, 0.15) is 5.82 Å². The molecule has 31 heavy (non-hydrogen) atoms. The summed E-state index contributed by atoms with van der Waals surface area (Å²) in [6, 6.07) is 12.9. The summed E-state index contributed by atoms with van der Waals surface area (Å²) in [5.41, 5.74) is 1.57. The molecule has 0 saturated carbocycles. The summed E-state index contributed by atoms with van der Waals surface area (Å²) in [4.78, 5) is 31.1. The lowest BCUT2D eigenvalue weighted by Crippen LogP contribution is -2.42. The second-order valence-electron chi connectivity index (χ2n) is 7.36. The molecule has 160 valence electrons. The predicted octanol–water partition coefficient (Wildman–Crippen LogP) is 2.89. The molecule has 1 saturated heterocycles. The first-order valence-corrected chi connectivity index (χ1v) is 10.5. The summed E-state index contributed by atoms with van der Waals surface area (Å²) in [6.45, 7) is 1.42. The first-order valence-electron chi connectivity index (χ1n) is 10.1. The van der Waals surface area contributed by atoms with Crippen LogP contribution in [0, 0.1) is 5.92 Å². The zero-order chi connectivity index (χ0) is 21.6. The molecule has 8 nitrogen and oxygen atoms in total. The second kappa shape index (κ2) is 9.61. The molecule has 3 aromatic rings. The molecule has 2 amide bonds. The molecule has 0 unspecified atom stereocenters. The summed E-state index contributed by atoms with van der Waals surface area (Å²) in [5.74, 6) is 0.404. The van der Waals surface area contributed by atoms with Crippen molar-refractivity contribution in [1.29, 1.82) is 0 Å². The number of carbonyl (C=O) groups is 2. The summed E-state index contributed by atoms with van der Waals surface area (Å²) < 4.78 is 1.74. The number of rotatable bonds is 6. The van der Waals surface area contributed by atoms with Crippen LogP contribution in [-0.4, -0.2) is 46.2 Å². The Morgan fingerprint density at radius 3 is 2.52 bits per heavy atom. The lowest BCUT2D eigenvalue weighted by Gasteiger charge is -2.32. The number of hydrogen-bond acceptors (Lipinski definition) is 5. The maximum absolute atomic E-state index is 12.5. The van der Waals surface area contributed by atoms with Crippen molar-refractivity contribution in [1.82, 2.24) is 20.1 Å². The molecular formula is C22H23ClN6O2. The van der Waals surface area contributed by atoms with E-state index in [1.807, 2.05) is 36.5 Å². The maximum Gasteiger partial charge on any atom is 0.243 e. The van der Waals surface area contributed by atoms with Gasteiger partial charge < -0.3 is 15.5 Å². The van der Waals surface area contributed by atoms with Gasteiger partial charge in [0.15, 0.2) is 0 Å². The van der Waals surface area contributed by atoms with E-state index in [0.29, 0.717) is 23.6 Å². The molecular weight excluding hydrogens is 416 g/mol. The summed E-state index contributed by atoms with van der Waals surface area (Å²) in [6.07, 6.45) is 6.61. The third-order valence-electron chi connectivity index (χ3n) is 5.24. The van der Waals surface area contributed by atoms with E-state index < -0.39 is 0 Å². The number of piperidine rings is 1. The number of benzene rings is 1. The molecule has 9 heteroatoms. The average Bonchev–Trinajstić information content (AvgIpc) is 3.34. The van der Waals surface area contributed by atoms with Crippen LogP contribution in [0.25, 0.3) is 5.69 Å². The van der Waals surface area contributed by atoms with Gasteiger partial charge in [-0.3, -0.25) is 9.59 Å². The van der Waals surface area contributed by atoms with Crippen LogP contribution in [0.1, 0.15) is 12.8 Å². The highest BCUT2D eigenvalue weighted by molar-refractivity contribution is 6.30. The predicted molar refractivity (Wildman–Crippen MR) is 119 cm³/mol. The highest BCUT2D eigenvalue weighted by atomic mass is 35.5. The first-order chi connectivity index (χ1) is 15.1. The van der Waals surface area contributed by atoms with Gasteiger partial charge in [-0.2, -0.15) is 5.10 Å². The van der Waals surface area contributed by atoms with E-state index in [4.69, 9.17) is 11.6 Å². The van der Waals surface area contributed by atoms with Gasteiger partial charge in [-0.25, -0.2) is 9.67 Å². The Bertz CT molecular complexity index is 1010. The van der Waals surface area contributed by atoms with E-state index in [0.717, 1.165) is 24.6 Å². The van der Waals surface area contributed by atoms with Gasteiger partial charge in [0, 0.05) is 43.3 Å². The Labute approximate surface area is 185 Å². The van der Waals surface area contributed by atoms with Gasteiger partial charge in [0.2, 0.25) is 11.8 Å². The number of amides is 2. The number of anilines is 2. The molecule has 0 bridgehead atoms. The average molecular weight is 439 g/mol. The lowest BCUT2D eigenvalue weighted by molar-refractivity contribution is -0.127. The van der Waals surface area contributed by atoms with Crippen LogP contribution in [0.3, 0.4) is 0 Å². The van der Waals surface area contributed by atoms with Crippen LogP contribution >= 0.6 is 11.6 Å². The van der Waals surface area contributed by atoms with E-state index in [9.17, 15) is 9.59 Å². The SMILES string of the molecule is O=C(CNC(=O)C1CCN(c2ccc(Cl)cn2)CC1)Nc1ccc(-n2cccn2)cc1. The minimum atomic E-state index is -0.261. The van der Waals surface area contributed by atoms with Gasteiger partial charge in [-0.1, -0.05) is 11.6 Å². The van der Waals surface area contributed by atoms with Gasteiger partial charge >= 0.3 is 0 Å². The Morgan fingerprint density at radius 2 is 1.87 bits per heavy atom. The quantitative estimate of drug-likeness (QED) is 0.617. The van der Waals surface area contributed by atoms with Crippen molar-refractivity contribution in [3.8, 4) is 5.69 Å². The molecule has 2 aromatic heterocycles. The van der Waals surface area contributed by atoms with Crippen LogP contribution in [0.15, 0.2) is 61.1 Å². The fraction of sp³-hybridized carbons (Fsp3) is 0.273. The molecule has 1 aliphatic rings. The molecule has 4 rings (SSSR count). The molecule has 0 aliphatic carbocycles. The maximum atomic E-state index is 12.5. The van der Waals surface area contributed by atoms with Crippen LogP contribution in [0.5, 0.6) is 0 Å². The van der Waals surface area contributed by atoms with Crippen LogP contribution in [0.2, 0.25) is 5.02 Å². The number of aromatic nitrogens is 3. The van der Waals surface area contributed by atoms with Gasteiger partial charge in [-0.05, 0) is 55.3 Å². The summed E-state index contributed by atoms with van der Waals surface area (Å²) in [5, 5.41) is 10.3. The fourth-order valence-corrected chi connectivity index (χ4v) is 3.67. The smallest absolute Gasteiger partial charge is 0.243 e. The van der Waals surface area contributed by atoms with Crippen molar-refractivity contribution in [3.05, 3.63) is 66.1 Å². The van der Waals surface area contributed by atoms with E-state index in [2.05, 4.69) is 25.6 Å². The standard InChI is InChI=1S/C22H23ClN6O2/c23-17-2-7-20(24-14-17)28-12-8-16(9-13-28)22(31)25-15-21(30)27-18-3-5-19(6-4-18)29-11-1-10-26-29/h1-7,10-11,14,16H,8-9,12-13,15H2,(H,25,31)(H,27,30). The Hall–Kier alpha value is -3.39. The number of carbonyl (C=O) groups excluding carboxylic acids is 2. The van der Waals surface area contributed by atoms with E-state index in [1.54, 1.807) is 29.2 Å².